The Morgan fingerprint density at radius 2 is 1.87 bits per heavy atom. The lowest BCUT2D eigenvalue weighted by molar-refractivity contribution is -0.274. The number of aliphatic hydroxyl groups is 1. The number of ether oxygens (including phenoxy) is 1. The van der Waals surface area contributed by atoms with Gasteiger partial charge in [-0.3, -0.25) is 0 Å². The molecule has 0 bridgehead atoms. The van der Waals surface area contributed by atoms with Gasteiger partial charge in [-0.2, -0.15) is 5.10 Å². The van der Waals surface area contributed by atoms with Crippen molar-refractivity contribution in [2.75, 3.05) is 11.9 Å². The summed E-state index contributed by atoms with van der Waals surface area (Å²) in [5.74, 6) is 0.533. The van der Waals surface area contributed by atoms with Crippen molar-refractivity contribution < 1.29 is 23.0 Å². The minimum absolute atomic E-state index is 0.0290. The van der Waals surface area contributed by atoms with Crippen LogP contribution < -0.4 is 10.1 Å². The Labute approximate surface area is 131 Å². The number of anilines is 1. The molecule has 5 nitrogen and oxygen atoms in total. The Kier molecular flexibility index (Phi) is 5.15. The van der Waals surface area contributed by atoms with E-state index in [1.807, 2.05) is 13.8 Å². The molecular formula is C15H18F3N3O2. The van der Waals surface area contributed by atoms with Crippen LogP contribution in [-0.4, -0.2) is 27.9 Å². The highest BCUT2D eigenvalue weighted by molar-refractivity contribution is 5.47. The minimum atomic E-state index is -4.69. The zero-order valence-electron chi connectivity index (χ0n) is 12.8. The van der Waals surface area contributed by atoms with Crippen molar-refractivity contribution in [3.05, 3.63) is 41.1 Å². The van der Waals surface area contributed by atoms with E-state index in [0.717, 1.165) is 22.6 Å². The quantitative estimate of drug-likeness (QED) is 0.855. The third-order valence-electron chi connectivity index (χ3n) is 3.36. The molecule has 0 unspecified atom stereocenters. The molecule has 0 saturated carbocycles. The summed E-state index contributed by atoms with van der Waals surface area (Å²) in [4.78, 5) is 0. The van der Waals surface area contributed by atoms with Crippen molar-refractivity contribution in [3.63, 3.8) is 0 Å². The van der Waals surface area contributed by atoms with E-state index >= 15 is 0 Å². The summed E-state index contributed by atoms with van der Waals surface area (Å²) in [6.45, 7) is 4.55. The lowest BCUT2D eigenvalue weighted by Gasteiger charge is -2.12. The molecule has 126 valence electrons. The molecule has 2 aromatic rings. The van der Waals surface area contributed by atoms with Gasteiger partial charge in [0, 0.05) is 12.1 Å². The normalized spacial score (nSPS) is 11.6. The topological polar surface area (TPSA) is 59.3 Å². The molecule has 1 heterocycles. The second-order valence-electron chi connectivity index (χ2n) is 5.05. The summed E-state index contributed by atoms with van der Waals surface area (Å²) in [7, 11) is 0. The van der Waals surface area contributed by atoms with Crippen LogP contribution in [0.4, 0.5) is 19.0 Å². The van der Waals surface area contributed by atoms with E-state index in [2.05, 4.69) is 15.2 Å². The summed E-state index contributed by atoms with van der Waals surface area (Å²) < 4.78 is 41.8. The van der Waals surface area contributed by atoms with E-state index in [9.17, 15) is 13.2 Å². The molecule has 0 amide bonds. The van der Waals surface area contributed by atoms with Gasteiger partial charge in [-0.15, -0.1) is 13.2 Å². The molecule has 0 fully saturated rings. The monoisotopic (exact) mass is 329 g/mol. The van der Waals surface area contributed by atoms with E-state index < -0.39 is 6.36 Å². The molecule has 2 N–H and O–H groups in total. The van der Waals surface area contributed by atoms with E-state index in [1.165, 1.54) is 12.1 Å². The maximum atomic E-state index is 12.1. The molecule has 0 radical (unpaired) electrons. The number of hydrogen-bond acceptors (Lipinski definition) is 4. The van der Waals surface area contributed by atoms with Crippen molar-refractivity contribution in [2.24, 2.45) is 0 Å². The molecule has 8 heteroatoms. The Morgan fingerprint density at radius 1 is 1.22 bits per heavy atom. The second-order valence-corrected chi connectivity index (χ2v) is 5.05. The molecular weight excluding hydrogens is 311 g/mol. The number of benzene rings is 1. The van der Waals surface area contributed by atoms with Crippen LogP contribution in [0.2, 0.25) is 0 Å². The molecule has 0 aliphatic carbocycles. The van der Waals surface area contributed by atoms with Crippen LogP contribution in [0.15, 0.2) is 24.3 Å². The summed E-state index contributed by atoms with van der Waals surface area (Å²) in [6.07, 6.45) is -4.69. The van der Waals surface area contributed by atoms with Gasteiger partial charge in [0.2, 0.25) is 0 Å². The van der Waals surface area contributed by atoms with Crippen LogP contribution in [0.3, 0.4) is 0 Å². The molecule has 2 rings (SSSR count). The van der Waals surface area contributed by atoms with Crippen molar-refractivity contribution in [1.29, 1.82) is 0 Å². The van der Waals surface area contributed by atoms with Gasteiger partial charge in [0.05, 0.1) is 18.8 Å². The number of aliphatic hydroxyl groups excluding tert-OH is 1. The van der Waals surface area contributed by atoms with E-state index in [1.54, 1.807) is 16.8 Å². The molecule has 0 aliphatic rings. The fourth-order valence-electron chi connectivity index (χ4n) is 2.15. The van der Waals surface area contributed by atoms with Crippen LogP contribution >= 0.6 is 0 Å². The SMILES string of the molecule is Cc1nn(CCO)c(NCc2ccc(OC(F)(F)F)cc2)c1C. The maximum Gasteiger partial charge on any atom is 0.573 e. The zero-order valence-corrected chi connectivity index (χ0v) is 12.8. The molecule has 1 aromatic heterocycles. The van der Waals surface area contributed by atoms with Crippen LogP contribution in [0.5, 0.6) is 5.75 Å². The van der Waals surface area contributed by atoms with Gasteiger partial charge in [-0.05, 0) is 31.5 Å². The average Bonchev–Trinajstić information content (AvgIpc) is 2.72. The number of hydrogen-bond donors (Lipinski definition) is 2. The van der Waals surface area contributed by atoms with Crippen LogP contribution in [0, 0.1) is 13.8 Å². The number of rotatable bonds is 6. The number of aryl methyl sites for hydroxylation is 1. The van der Waals surface area contributed by atoms with E-state index in [4.69, 9.17) is 5.11 Å². The number of nitrogens with one attached hydrogen (secondary N) is 1. The maximum absolute atomic E-state index is 12.1. The number of aromatic nitrogens is 2. The minimum Gasteiger partial charge on any atom is -0.406 e. The first kappa shape index (κ1) is 17.1. The first-order valence-corrected chi connectivity index (χ1v) is 7.03. The molecule has 0 saturated heterocycles. The summed E-state index contributed by atoms with van der Waals surface area (Å²) >= 11 is 0. The lowest BCUT2D eigenvalue weighted by atomic mass is 10.2. The Balaban J connectivity index is 2.04. The lowest BCUT2D eigenvalue weighted by Crippen LogP contribution is -2.17. The van der Waals surface area contributed by atoms with Gasteiger partial charge >= 0.3 is 6.36 Å². The smallest absolute Gasteiger partial charge is 0.406 e. The Bertz CT molecular complexity index is 651. The highest BCUT2D eigenvalue weighted by atomic mass is 19.4. The van der Waals surface area contributed by atoms with Gasteiger partial charge in [0.15, 0.2) is 0 Å². The van der Waals surface area contributed by atoms with Gasteiger partial charge < -0.3 is 15.2 Å². The third kappa shape index (κ3) is 4.62. The Hall–Kier alpha value is -2.22. The van der Waals surface area contributed by atoms with Crippen molar-refractivity contribution in [3.8, 4) is 5.75 Å². The van der Waals surface area contributed by atoms with Gasteiger partial charge in [0.1, 0.15) is 11.6 Å². The highest BCUT2D eigenvalue weighted by Crippen LogP contribution is 2.23. The summed E-state index contributed by atoms with van der Waals surface area (Å²) in [5.41, 5.74) is 2.62. The van der Waals surface area contributed by atoms with Crippen molar-refractivity contribution >= 4 is 5.82 Å². The van der Waals surface area contributed by atoms with Crippen LogP contribution in [-0.2, 0) is 13.1 Å². The predicted molar refractivity (Wildman–Crippen MR) is 79.2 cm³/mol. The molecule has 23 heavy (non-hydrogen) atoms. The van der Waals surface area contributed by atoms with Gasteiger partial charge in [0.25, 0.3) is 0 Å². The standard InChI is InChI=1S/C15H18F3N3O2/c1-10-11(2)20-21(7-8-22)14(10)19-9-12-3-5-13(6-4-12)23-15(16,17)18/h3-6,19,22H,7-9H2,1-2H3. The second kappa shape index (κ2) is 6.91. The fraction of sp³-hybridized carbons (Fsp3) is 0.400. The van der Waals surface area contributed by atoms with Crippen LogP contribution in [0.1, 0.15) is 16.8 Å². The molecule has 0 atom stereocenters. The predicted octanol–water partition coefficient (Wildman–Crippen LogP) is 3.00. The van der Waals surface area contributed by atoms with Gasteiger partial charge in [-0.25, -0.2) is 4.68 Å². The zero-order chi connectivity index (χ0) is 17.0. The fourth-order valence-corrected chi connectivity index (χ4v) is 2.15. The molecule has 0 spiro atoms. The molecule has 1 aromatic carbocycles. The van der Waals surface area contributed by atoms with Crippen LogP contribution in [0.25, 0.3) is 0 Å². The molecule has 0 aliphatic heterocycles. The summed E-state index contributed by atoms with van der Waals surface area (Å²) in [5, 5.41) is 16.6. The van der Waals surface area contributed by atoms with Crippen molar-refractivity contribution in [1.82, 2.24) is 9.78 Å². The first-order chi connectivity index (χ1) is 10.8. The Morgan fingerprint density at radius 3 is 2.43 bits per heavy atom. The number of nitrogens with zero attached hydrogens (tertiary/aromatic N) is 2. The third-order valence-corrected chi connectivity index (χ3v) is 3.36. The largest absolute Gasteiger partial charge is 0.573 e. The highest BCUT2D eigenvalue weighted by Gasteiger charge is 2.30. The van der Waals surface area contributed by atoms with E-state index in [0.29, 0.717) is 13.1 Å². The number of alkyl halides is 3. The van der Waals surface area contributed by atoms with E-state index in [-0.39, 0.29) is 12.4 Å². The summed E-state index contributed by atoms with van der Waals surface area (Å²) in [6, 6.07) is 5.66. The van der Waals surface area contributed by atoms with Gasteiger partial charge in [-0.1, -0.05) is 12.1 Å². The first-order valence-electron chi connectivity index (χ1n) is 7.03. The average molecular weight is 329 g/mol. The van der Waals surface area contributed by atoms with Crippen molar-refractivity contribution in [2.45, 2.75) is 33.3 Å². The number of halogens is 3.